The van der Waals surface area contributed by atoms with Crippen LogP contribution in [0.4, 0.5) is 10.1 Å². The maximum Gasteiger partial charge on any atom is 0.252 e. The average molecular weight is 276 g/mol. The van der Waals surface area contributed by atoms with Crippen molar-refractivity contribution < 1.29 is 18.7 Å². The van der Waals surface area contributed by atoms with Gasteiger partial charge in [-0.25, -0.2) is 4.39 Å². The lowest BCUT2D eigenvalue weighted by Crippen LogP contribution is -2.12. The van der Waals surface area contributed by atoms with Crippen molar-refractivity contribution in [3.63, 3.8) is 0 Å². The normalized spacial score (nSPS) is 10.1. The van der Waals surface area contributed by atoms with Crippen LogP contribution in [-0.4, -0.2) is 13.0 Å². The van der Waals surface area contributed by atoms with Gasteiger partial charge in [-0.15, -0.1) is 0 Å². The molecule has 0 aromatic heterocycles. The Morgan fingerprint density at radius 3 is 2.50 bits per heavy atom. The van der Waals surface area contributed by atoms with Crippen LogP contribution in [0.2, 0.25) is 0 Å². The summed E-state index contributed by atoms with van der Waals surface area (Å²) in [5, 5.41) is 0. The maximum absolute atomic E-state index is 13.4. The molecule has 0 heterocycles. The summed E-state index contributed by atoms with van der Waals surface area (Å²) in [7, 11) is 1.33. The van der Waals surface area contributed by atoms with E-state index < -0.39 is 11.7 Å². The number of nitrogen functional groups attached to an aromatic ring is 1. The minimum absolute atomic E-state index is 0.00856. The molecule has 0 aliphatic rings. The molecule has 2 rings (SSSR count). The number of para-hydroxylation sites is 1. The molecular formula is C14H13FN2O3. The van der Waals surface area contributed by atoms with Crippen molar-refractivity contribution in [2.24, 2.45) is 5.73 Å². The van der Waals surface area contributed by atoms with Crippen LogP contribution in [0.25, 0.3) is 0 Å². The van der Waals surface area contributed by atoms with Crippen molar-refractivity contribution in [2.45, 2.75) is 0 Å². The second-order valence-corrected chi connectivity index (χ2v) is 3.99. The van der Waals surface area contributed by atoms with Crippen molar-refractivity contribution in [3.8, 4) is 17.2 Å². The van der Waals surface area contributed by atoms with Gasteiger partial charge in [-0.1, -0.05) is 12.1 Å². The Kier molecular flexibility index (Phi) is 3.74. The van der Waals surface area contributed by atoms with E-state index in [0.717, 1.165) is 6.07 Å². The first-order valence-corrected chi connectivity index (χ1v) is 5.72. The fourth-order valence-electron chi connectivity index (χ4n) is 1.67. The quantitative estimate of drug-likeness (QED) is 0.839. The number of benzene rings is 2. The van der Waals surface area contributed by atoms with E-state index in [1.807, 2.05) is 0 Å². The van der Waals surface area contributed by atoms with E-state index in [1.165, 1.54) is 19.2 Å². The summed E-state index contributed by atoms with van der Waals surface area (Å²) in [4.78, 5) is 11.3. The molecule has 0 spiro atoms. The standard InChI is InChI=1S/C14H13FN2O3/c1-19-12-7-13(10(16)6-9(12)15)20-11-5-3-2-4-8(11)14(17)18/h2-7H,16H2,1H3,(H2,17,18). The van der Waals surface area contributed by atoms with Crippen LogP contribution in [-0.2, 0) is 0 Å². The molecule has 0 saturated heterocycles. The second-order valence-electron chi connectivity index (χ2n) is 3.99. The SMILES string of the molecule is COc1cc(Oc2ccccc2C(N)=O)c(N)cc1F. The first kappa shape index (κ1) is 13.7. The van der Waals surface area contributed by atoms with Crippen LogP contribution in [0, 0.1) is 5.82 Å². The van der Waals surface area contributed by atoms with E-state index in [9.17, 15) is 9.18 Å². The first-order valence-electron chi connectivity index (χ1n) is 5.72. The molecule has 0 radical (unpaired) electrons. The topological polar surface area (TPSA) is 87.6 Å². The number of carbonyl (C=O) groups is 1. The van der Waals surface area contributed by atoms with Gasteiger partial charge in [-0.05, 0) is 12.1 Å². The number of halogens is 1. The maximum atomic E-state index is 13.4. The van der Waals surface area contributed by atoms with Crippen LogP contribution in [0.3, 0.4) is 0 Å². The Bertz CT molecular complexity index is 659. The molecule has 0 bridgehead atoms. The summed E-state index contributed by atoms with van der Waals surface area (Å²) in [6, 6.07) is 8.81. The summed E-state index contributed by atoms with van der Waals surface area (Å²) in [6.07, 6.45) is 0. The number of hydrogen-bond donors (Lipinski definition) is 2. The van der Waals surface area contributed by atoms with Crippen molar-refractivity contribution in [3.05, 3.63) is 47.8 Å². The number of hydrogen-bond acceptors (Lipinski definition) is 4. The lowest BCUT2D eigenvalue weighted by molar-refractivity contribution is 0.0998. The van der Waals surface area contributed by atoms with Crippen LogP contribution in [0.5, 0.6) is 17.2 Å². The summed E-state index contributed by atoms with van der Waals surface area (Å²) in [5.74, 6) is -0.822. The zero-order chi connectivity index (χ0) is 14.7. The third kappa shape index (κ3) is 2.64. The molecule has 1 amide bonds. The van der Waals surface area contributed by atoms with Gasteiger partial charge in [0.1, 0.15) is 5.75 Å². The highest BCUT2D eigenvalue weighted by atomic mass is 19.1. The minimum Gasteiger partial charge on any atom is -0.494 e. The van der Waals surface area contributed by atoms with Gasteiger partial charge in [-0.2, -0.15) is 0 Å². The Hall–Kier alpha value is -2.76. The Morgan fingerprint density at radius 1 is 1.15 bits per heavy atom. The van der Waals surface area contributed by atoms with E-state index in [-0.39, 0.29) is 28.5 Å². The molecule has 0 atom stereocenters. The first-order chi connectivity index (χ1) is 9.52. The number of ether oxygens (including phenoxy) is 2. The van der Waals surface area contributed by atoms with Crippen molar-refractivity contribution in [1.82, 2.24) is 0 Å². The highest BCUT2D eigenvalue weighted by Gasteiger charge is 2.13. The van der Waals surface area contributed by atoms with Crippen LogP contribution < -0.4 is 20.9 Å². The number of amides is 1. The van der Waals surface area contributed by atoms with E-state index in [1.54, 1.807) is 18.2 Å². The van der Waals surface area contributed by atoms with Gasteiger partial charge < -0.3 is 20.9 Å². The Labute approximate surface area is 114 Å². The molecule has 6 heteroatoms. The van der Waals surface area contributed by atoms with Crippen molar-refractivity contribution in [1.29, 1.82) is 0 Å². The fraction of sp³-hybridized carbons (Fsp3) is 0.0714. The molecule has 2 aromatic carbocycles. The molecule has 104 valence electrons. The summed E-state index contributed by atoms with van der Waals surface area (Å²) in [6.45, 7) is 0. The molecule has 0 fully saturated rings. The second kappa shape index (κ2) is 5.48. The zero-order valence-corrected chi connectivity index (χ0v) is 10.7. The summed E-state index contributed by atoms with van der Waals surface area (Å²) < 4.78 is 23.8. The summed E-state index contributed by atoms with van der Waals surface area (Å²) in [5.41, 5.74) is 11.2. The van der Waals surface area contributed by atoms with Crippen LogP contribution in [0.15, 0.2) is 36.4 Å². The van der Waals surface area contributed by atoms with Gasteiger partial charge in [0.2, 0.25) is 0 Å². The van der Waals surface area contributed by atoms with Crippen molar-refractivity contribution in [2.75, 3.05) is 12.8 Å². The number of carbonyl (C=O) groups excluding carboxylic acids is 1. The number of anilines is 1. The van der Waals surface area contributed by atoms with E-state index in [4.69, 9.17) is 20.9 Å². The molecule has 0 aliphatic carbocycles. The summed E-state index contributed by atoms with van der Waals surface area (Å²) >= 11 is 0. The number of methoxy groups -OCH3 is 1. The number of nitrogens with two attached hydrogens (primary N) is 2. The molecule has 20 heavy (non-hydrogen) atoms. The molecule has 0 saturated carbocycles. The smallest absolute Gasteiger partial charge is 0.252 e. The predicted molar refractivity (Wildman–Crippen MR) is 72.4 cm³/mol. The number of rotatable bonds is 4. The van der Waals surface area contributed by atoms with Crippen molar-refractivity contribution >= 4 is 11.6 Å². The molecule has 0 aliphatic heterocycles. The van der Waals surface area contributed by atoms with E-state index >= 15 is 0 Å². The van der Waals surface area contributed by atoms with Gasteiger partial charge >= 0.3 is 0 Å². The molecule has 5 nitrogen and oxygen atoms in total. The van der Waals surface area contributed by atoms with Gasteiger partial charge in [0.15, 0.2) is 17.3 Å². The lowest BCUT2D eigenvalue weighted by atomic mass is 10.2. The predicted octanol–water partition coefficient (Wildman–Crippen LogP) is 2.31. The van der Waals surface area contributed by atoms with Gasteiger partial charge in [-0.3, -0.25) is 4.79 Å². The van der Waals surface area contributed by atoms with E-state index in [0.29, 0.717) is 0 Å². The monoisotopic (exact) mass is 276 g/mol. The minimum atomic E-state index is -0.631. The molecule has 2 aromatic rings. The molecular weight excluding hydrogens is 263 g/mol. The molecule has 0 unspecified atom stereocenters. The third-order valence-electron chi connectivity index (χ3n) is 2.66. The average Bonchev–Trinajstić information content (AvgIpc) is 2.42. The third-order valence-corrected chi connectivity index (χ3v) is 2.66. The zero-order valence-electron chi connectivity index (χ0n) is 10.7. The van der Waals surface area contributed by atoms with Gasteiger partial charge in [0.05, 0.1) is 18.4 Å². The van der Waals surface area contributed by atoms with E-state index in [2.05, 4.69) is 0 Å². The van der Waals surface area contributed by atoms with Gasteiger partial charge in [0, 0.05) is 12.1 Å². The highest BCUT2D eigenvalue weighted by Crippen LogP contribution is 2.34. The largest absolute Gasteiger partial charge is 0.494 e. The van der Waals surface area contributed by atoms with Crippen LogP contribution in [0.1, 0.15) is 10.4 Å². The Morgan fingerprint density at radius 2 is 1.85 bits per heavy atom. The Balaban J connectivity index is 2.42. The lowest BCUT2D eigenvalue weighted by Gasteiger charge is -2.12. The van der Waals surface area contributed by atoms with Gasteiger partial charge in [0.25, 0.3) is 5.91 Å². The van der Waals surface area contributed by atoms with Crippen LogP contribution >= 0.6 is 0 Å². The highest BCUT2D eigenvalue weighted by molar-refractivity contribution is 5.95. The fourth-order valence-corrected chi connectivity index (χ4v) is 1.67. The number of primary amides is 1. The molecule has 4 N–H and O–H groups in total.